The van der Waals surface area contributed by atoms with Crippen molar-refractivity contribution in [3.05, 3.63) is 33.4 Å². The van der Waals surface area contributed by atoms with E-state index in [1.807, 2.05) is 39.0 Å². The molecule has 1 aliphatic heterocycles. The number of carbonyl (C=O) groups excluding carboxylic acids is 2. The summed E-state index contributed by atoms with van der Waals surface area (Å²) >= 11 is 2.21. The Balaban J connectivity index is 2.41. The highest BCUT2D eigenvalue weighted by Crippen LogP contribution is 2.42. The molecule has 0 aliphatic carbocycles. The van der Waals surface area contributed by atoms with E-state index in [1.165, 1.54) is 0 Å². The van der Waals surface area contributed by atoms with Crippen molar-refractivity contribution in [2.75, 3.05) is 11.9 Å². The SMILES string of the molecule is CC(C)[Si](OC[C@H](/C=C1\C(=O)Nc2c(I)cccc21)NC(=O)OC(C)(C)C)(C(C)C)C(C)C. The average Bonchev–Trinajstić information content (AvgIpc) is 2.96. The summed E-state index contributed by atoms with van der Waals surface area (Å²) in [4.78, 5) is 25.4. The minimum Gasteiger partial charge on any atom is -0.444 e. The van der Waals surface area contributed by atoms with E-state index in [4.69, 9.17) is 9.16 Å². The standard InChI is InChI=1S/C25H39IN2O4Si/c1-15(2)33(16(3)4,17(5)6)31-14-18(27-24(30)32-25(7,8)9)13-20-19-11-10-12-21(26)22(19)28-23(20)29/h10-13,15-18H,14H2,1-9H3,(H,27,30)(H,28,29)/b20-13-/t18-/m0/s1. The van der Waals surface area contributed by atoms with Crippen LogP contribution in [0, 0.1) is 3.57 Å². The molecule has 2 N–H and O–H groups in total. The Kier molecular flexibility index (Phi) is 9.20. The summed E-state index contributed by atoms with van der Waals surface area (Å²) in [7, 11) is -2.16. The Morgan fingerprint density at radius 3 is 2.21 bits per heavy atom. The maximum atomic E-state index is 12.8. The minimum absolute atomic E-state index is 0.176. The molecule has 0 bridgehead atoms. The highest BCUT2D eigenvalue weighted by molar-refractivity contribution is 14.1. The number of fused-ring (bicyclic) bond motifs is 1. The fourth-order valence-corrected chi connectivity index (χ4v) is 11.0. The molecule has 0 aromatic heterocycles. The second-order valence-corrected chi connectivity index (χ2v) is 17.2. The summed E-state index contributed by atoms with van der Waals surface area (Å²) in [5.41, 5.74) is 2.78. The molecule has 1 aliphatic rings. The summed E-state index contributed by atoms with van der Waals surface area (Å²) < 4.78 is 13.2. The van der Waals surface area contributed by atoms with Gasteiger partial charge in [-0.15, -0.1) is 0 Å². The van der Waals surface area contributed by atoms with Gasteiger partial charge in [-0.1, -0.05) is 53.7 Å². The molecule has 1 aromatic carbocycles. The molecule has 0 spiro atoms. The first-order chi connectivity index (χ1) is 15.2. The molecule has 0 unspecified atom stereocenters. The van der Waals surface area contributed by atoms with Crippen LogP contribution < -0.4 is 10.6 Å². The lowest BCUT2D eigenvalue weighted by molar-refractivity contribution is -0.110. The van der Waals surface area contributed by atoms with Crippen molar-refractivity contribution in [3.8, 4) is 0 Å². The summed E-state index contributed by atoms with van der Waals surface area (Å²) in [6, 6.07) is 5.29. The van der Waals surface area contributed by atoms with Gasteiger partial charge in [-0.25, -0.2) is 4.79 Å². The fraction of sp³-hybridized carbons (Fsp3) is 0.600. The molecule has 0 saturated heterocycles. The van der Waals surface area contributed by atoms with Crippen molar-refractivity contribution in [1.29, 1.82) is 0 Å². The van der Waals surface area contributed by atoms with Crippen molar-refractivity contribution in [2.24, 2.45) is 0 Å². The number of amides is 2. The lowest BCUT2D eigenvalue weighted by atomic mass is 10.0. The molecule has 6 nitrogen and oxygen atoms in total. The van der Waals surface area contributed by atoms with Crippen LogP contribution in [0.25, 0.3) is 5.57 Å². The van der Waals surface area contributed by atoms with Crippen molar-refractivity contribution in [2.45, 2.75) is 90.6 Å². The Bertz CT molecular complexity index is 884. The maximum Gasteiger partial charge on any atom is 0.408 e. The van der Waals surface area contributed by atoms with E-state index in [2.05, 4.69) is 74.8 Å². The van der Waals surface area contributed by atoms with E-state index < -0.39 is 26.1 Å². The zero-order valence-corrected chi connectivity index (χ0v) is 24.5. The van der Waals surface area contributed by atoms with Gasteiger partial charge in [0.15, 0.2) is 8.32 Å². The maximum absolute atomic E-state index is 12.8. The molecule has 1 aromatic rings. The summed E-state index contributed by atoms with van der Waals surface area (Å²) in [6.07, 6.45) is 1.28. The number of ether oxygens (including phenoxy) is 1. The number of hydrogen-bond donors (Lipinski definition) is 2. The molecule has 0 radical (unpaired) electrons. The molecule has 2 amide bonds. The molecular formula is C25H39IN2O4Si. The van der Waals surface area contributed by atoms with Crippen LogP contribution in [0.2, 0.25) is 16.6 Å². The first-order valence-corrected chi connectivity index (χ1v) is 14.9. The van der Waals surface area contributed by atoms with E-state index >= 15 is 0 Å². The van der Waals surface area contributed by atoms with Crippen LogP contribution in [0.4, 0.5) is 10.5 Å². The Morgan fingerprint density at radius 2 is 1.70 bits per heavy atom. The van der Waals surface area contributed by atoms with Crippen molar-refractivity contribution in [1.82, 2.24) is 5.32 Å². The monoisotopic (exact) mass is 586 g/mol. The lowest BCUT2D eigenvalue weighted by Crippen LogP contribution is -2.51. The number of halogens is 1. The van der Waals surface area contributed by atoms with Crippen LogP contribution in [0.3, 0.4) is 0 Å². The predicted molar refractivity (Wildman–Crippen MR) is 146 cm³/mol. The number of nitrogens with one attached hydrogen (secondary N) is 2. The molecule has 33 heavy (non-hydrogen) atoms. The Hall–Kier alpha value is -1.39. The highest BCUT2D eigenvalue weighted by atomic mass is 127. The minimum atomic E-state index is -2.16. The molecule has 0 fully saturated rings. The number of anilines is 1. The topological polar surface area (TPSA) is 76.7 Å². The van der Waals surface area contributed by atoms with Gasteiger partial charge >= 0.3 is 6.09 Å². The third kappa shape index (κ3) is 6.60. The van der Waals surface area contributed by atoms with E-state index in [1.54, 1.807) is 6.08 Å². The van der Waals surface area contributed by atoms with Crippen LogP contribution in [0.5, 0.6) is 0 Å². The highest BCUT2D eigenvalue weighted by Gasteiger charge is 2.45. The second-order valence-electron chi connectivity index (χ2n) is 10.6. The summed E-state index contributed by atoms with van der Waals surface area (Å²) in [6.45, 7) is 19.1. The molecule has 8 heteroatoms. The first-order valence-electron chi connectivity index (χ1n) is 11.6. The van der Waals surface area contributed by atoms with Crippen LogP contribution >= 0.6 is 22.6 Å². The number of hydrogen-bond acceptors (Lipinski definition) is 4. The van der Waals surface area contributed by atoms with Gasteiger partial charge in [0.25, 0.3) is 5.91 Å². The summed E-state index contributed by atoms with van der Waals surface area (Å²) in [5.74, 6) is -0.176. The van der Waals surface area contributed by atoms with Gasteiger partial charge in [0.1, 0.15) is 5.60 Å². The van der Waals surface area contributed by atoms with Crippen molar-refractivity contribution >= 4 is 54.2 Å². The third-order valence-corrected chi connectivity index (χ3v) is 13.1. The van der Waals surface area contributed by atoms with Crippen LogP contribution in [-0.4, -0.2) is 38.6 Å². The van der Waals surface area contributed by atoms with E-state index in [0.717, 1.165) is 14.8 Å². The van der Waals surface area contributed by atoms with Gasteiger partial charge in [-0.05, 0) is 72.1 Å². The first kappa shape index (κ1) is 27.8. The van der Waals surface area contributed by atoms with Gasteiger partial charge in [0, 0.05) is 14.7 Å². The van der Waals surface area contributed by atoms with Gasteiger partial charge in [0.2, 0.25) is 0 Å². The summed E-state index contributed by atoms with van der Waals surface area (Å²) in [5, 5.41) is 5.88. The van der Waals surface area contributed by atoms with Gasteiger partial charge in [-0.2, -0.15) is 0 Å². The van der Waals surface area contributed by atoms with Gasteiger partial charge in [0.05, 0.1) is 18.3 Å². The van der Waals surface area contributed by atoms with Crippen LogP contribution in [-0.2, 0) is 14.0 Å². The largest absolute Gasteiger partial charge is 0.444 e. The van der Waals surface area contributed by atoms with Gasteiger partial charge in [-0.3, -0.25) is 4.79 Å². The zero-order chi connectivity index (χ0) is 25.1. The van der Waals surface area contributed by atoms with E-state index in [-0.39, 0.29) is 12.5 Å². The van der Waals surface area contributed by atoms with Crippen LogP contribution in [0.15, 0.2) is 24.3 Å². The molecule has 1 atom stereocenters. The lowest BCUT2D eigenvalue weighted by Gasteiger charge is -2.42. The van der Waals surface area contributed by atoms with Crippen molar-refractivity contribution < 1.29 is 18.8 Å². The van der Waals surface area contributed by atoms with Crippen LogP contribution in [0.1, 0.15) is 67.9 Å². The number of benzene rings is 1. The molecular weight excluding hydrogens is 547 g/mol. The second kappa shape index (κ2) is 10.9. The normalized spacial score (nSPS) is 16.4. The van der Waals surface area contributed by atoms with Gasteiger partial charge < -0.3 is 19.8 Å². The number of para-hydroxylation sites is 1. The quantitative estimate of drug-likeness (QED) is 0.202. The van der Waals surface area contributed by atoms with E-state index in [0.29, 0.717) is 22.2 Å². The van der Waals surface area contributed by atoms with E-state index in [9.17, 15) is 9.59 Å². The Labute approximate surface area is 213 Å². The average molecular weight is 587 g/mol. The number of carbonyl (C=O) groups is 2. The molecule has 0 saturated carbocycles. The Morgan fingerprint density at radius 1 is 1.12 bits per heavy atom. The molecule has 2 rings (SSSR count). The smallest absolute Gasteiger partial charge is 0.408 e. The number of rotatable bonds is 8. The molecule has 1 heterocycles. The fourth-order valence-electron chi connectivity index (χ4n) is 4.87. The number of alkyl carbamates (subject to hydrolysis) is 1. The molecule has 184 valence electrons. The predicted octanol–water partition coefficient (Wildman–Crippen LogP) is 6.71. The van der Waals surface area contributed by atoms with Crippen molar-refractivity contribution in [3.63, 3.8) is 0 Å². The third-order valence-electron chi connectivity index (χ3n) is 6.08. The zero-order valence-electron chi connectivity index (χ0n) is 21.3.